The molecule has 0 bridgehead atoms. The number of aromatic carboxylic acids is 1. The highest BCUT2D eigenvalue weighted by Crippen LogP contribution is 2.31. The standard InChI is InChI=1S/C12H9BrN2O3/c13-8-3-1-2-4-10(8)18-11-9(14)5-7(6-15-11)12(16)17/h1-6H,14H2,(H,16,17). The Morgan fingerprint density at radius 3 is 2.72 bits per heavy atom. The van der Waals surface area contributed by atoms with E-state index in [2.05, 4.69) is 20.9 Å². The number of hydrogen-bond donors (Lipinski definition) is 2. The van der Waals surface area contributed by atoms with Gasteiger partial charge in [-0.15, -0.1) is 0 Å². The Bertz CT molecular complexity index is 602. The van der Waals surface area contributed by atoms with Crippen LogP contribution < -0.4 is 10.5 Å². The monoisotopic (exact) mass is 308 g/mol. The van der Waals surface area contributed by atoms with Crippen LogP contribution in [0.3, 0.4) is 0 Å². The van der Waals surface area contributed by atoms with Crippen LogP contribution >= 0.6 is 15.9 Å². The Morgan fingerprint density at radius 1 is 1.39 bits per heavy atom. The summed E-state index contributed by atoms with van der Waals surface area (Å²) in [6.07, 6.45) is 1.20. The average molecular weight is 309 g/mol. The van der Waals surface area contributed by atoms with Gasteiger partial charge in [-0.3, -0.25) is 0 Å². The van der Waals surface area contributed by atoms with Gasteiger partial charge in [-0.05, 0) is 34.1 Å². The number of hydrogen-bond acceptors (Lipinski definition) is 4. The van der Waals surface area contributed by atoms with E-state index in [4.69, 9.17) is 15.6 Å². The van der Waals surface area contributed by atoms with Crippen molar-refractivity contribution in [2.24, 2.45) is 0 Å². The fourth-order valence-electron chi connectivity index (χ4n) is 1.30. The number of ether oxygens (including phenoxy) is 1. The van der Waals surface area contributed by atoms with E-state index in [0.717, 1.165) is 4.47 Å². The van der Waals surface area contributed by atoms with E-state index in [9.17, 15) is 4.79 Å². The molecule has 2 aromatic rings. The molecule has 2 rings (SSSR count). The third-order valence-corrected chi connectivity index (χ3v) is 2.82. The Balaban J connectivity index is 2.30. The molecule has 0 spiro atoms. The molecule has 0 radical (unpaired) electrons. The van der Waals surface area contributed by atoms with Crippen molar-refractivity contribution in [2.75, 3.05) is 5.73 Å². The summed E-state index contributed by atoms with van der Waals surface area (Å²) >= 11 is 3.33. The van der Waals surface area contributed by atoms with Crippen LogP contribution in [0.2, 0.25) is 0 Å². The molecular weight excluding hydrogens is 300 g/mol. The van der Waals surface area contributed by atoms with Crippen molar-refractivity contribution in [3.8, 4) is 11.6 Å². The van der Waals surface area contributed by atoms with Gasteiger partial charge in [0.15, 0.2) is 0 Å². The second kappa shape index (κ2) is 5.05. The van der Waals surface area contributed by atoms with Crippen LogP contribution in [0.4, 0.5) is 5.69 Å². The largest absolute Gasteiger partial charge is 0.478 e. The number of carbonyl (C=O) groups is 1. The molecule has 1 aromatic heterocycles. The van der Waals surface area contributed by atoms with Gasteiger partial charge in [0.05, 0.1) is 15.7 Å². The van der Waals surface area contributed by atoms with E-state index in [1.54, 1.807) is 6.07 Å². The Hall–Kier alpha value is -2.08. The second-order valence-corrected chi connectivity index (χ2v) is 4.31. The van der Waals surface area contributed by atoms with Gasteiger partial charge in [0, 0.05) is 6.20 Å². The van der Waals surface area contributed by atoms with Crippen molar-refractivity contribution in [3.63, 3.8) is 0 Å². The quantitative estimate of drug-likeness (QED) is 0.910. The maximum atomic E-state index is 10.7. The topological polar surface area (TPSA) is 85.4 Å². The van der Waals surface area contributed by atoms with E-state index < -0.39 is 5.97 Å². The van der Waals surface area contributed by atoms with Gasteiger partial charge in [-0.25, -0.2) is 9.78 Å². The minimum absolute atomic E-state index is 0.0203. The van der Waals surface area contributed by atoms with Gasteiger partial charge < -0.3 is 15.6 Å². The fourth-order valence-corrected chi connectivity index (χ4v) is 1.67. The van der Waals surface area contributed by atoms with E-state index in [1.165, 1.54) is 12.3 Å². The lowest BCUT2D eigenvalue weighted by molar-refractivity contribution is 0.0696. The highest BCUT2D eigenvalue weighted by molar-refractivity contribution is 9.10. The smallest absolute Gasteiger partial charge is 0.337 e. The first-order chi connectivity index (χ1) is 8.58. The molecule has 18 heavy (non-hydrogen) atoms. The molecule has 0 unspecified atom stereocenters. The molecule has 0 aliphatic carbocycles. The molecule has 92 valence electrons. The summed E-state index contributed by atoms with van der Waals surface area (Å²) in [5, 5.41) is 8.79. The first-order valence-electron chi connectivity index (χ1n) is 4.99. The lowest BCUT2D eigenvalue weighted by Crippen LogP contribution is -2.01. The number of carboxylic acids is 1. The third kappa shape index (κ3) is 2.60. The molecule has 0 fully saturated rings. The molecule has 6 heteroatoms. The number of nitrogen functional groups attached to an aromatic ring is 1. The minimum Gasteiger partial charge on any atom is -0.478 e. The van der Waals surface area contributed by atoms with Crippen LogP contribution in [0.15, 0.2) is 41.0 Å². The molecule has 1 aromatic carbocycles. The maximum absolute atomic E-state index is 10.7. The van der Waals surface area contributed by atoms with Gasteiger partial charge in [-0.1, -0.05) is 12.1 Å². The zero-order chi connectivity index (χ0) is 13.1. The summed E-state index contributed by atoms with van der Waals surface area (Å²) in [4.78, 5) is 14.6. The van der Waals surface area contributed by atoms with Crippen LogP contribution in [0.25, 0.3) is 0 Å². The first kappa shape index (κ1) is 12.4. The van der Waals surface area contributed by atoms with Crippen LogP contribution in [0.1, 0.15) is 10.4 Å². The summed E-state index contributed by atoms with van der Waals surface area (Å²) in [5.74, 6) is -0.353. The van der Waals surface area contributed by atoms with E-state index in [-0.39, 0.29) is 17.1 Å². The number of anilines is 1. The molecule has 0 atom stereocenters. The van der Waals surface area contributed by atoms with Gasteiger partial charge in [-0.2, -0.15) is 0 Å². The molecule has 0 aliphatic heterocycles. The number of nitrogens with zero attached hydrogens (tertiary/aromatic N) is 1. The number of para-hydroxylation sites is 1. The normalized spacial score (nSPS) is 10.1. The van der Waals surface area contributed by atoms with Gasteiger partial charge >= 0.3 is 5.97 Å². The predicted molar refractivity (Wildman–Crippen MR) is 69.8 cm³/mol. The minimum atomic E-state index is -1.08. The lowest BCUT2D eigenvalue weighted by Gasteiger charge is -2.08. The Morgan fingerprint density at radius 2 is 2.11 bits per heavy atom. The molecular formula is C12H9BrN2O3. The van der Waals surface area contributed by atoms with E-state index in [0.29, 0.717) is 5.75 Å². The van der Waals surface area contributed by atoms with E-state index in [1.807, 2.05) is 18.2 Å². The summed E-state index contributed by atoms with van der Waals surface area (Å²) in [6, 6.07) is 8.53. The van der Waals surface area contributed by atoms with Crippen LogP contribution in [0.5, 0.6) is 11.6 Å². The first-order valence-corrected chi connectivity index (χ1v) is 5.78. The summed E-state index contributed by atoms with van der Waals surface area (Å²) < 4.78 is 6.26. The van der Waals surface area contributed by atoms with Crippen molar-refractivity contribution in [1.82, 2.24) is 4.98 Å². The average Bonchev–Trinajstić information content (AvgIpc) is 2.34. The summed E-state index contributed by atoms with van der Waals surface area (Å²) in [5.41, 5.74) is 5.88. The van der Waals surface area contributed by atoms with Crippen molar-refractivity contribution < 1.29 is 14.6 Å². The predicted octanol–water partition coefficient (Wildman–Crippen LogP) is 2.92. The number of aromatic nitrogens is 1. The number of halogens is 1. The highest BCUT2D eigenvalue weighted by Gasteiger charge is 2.10. The zero-order valence-corrected chi connectivity index (χ0v) is 10.7. The van der Waals surface area contributed by atoms with Crippen LogP contribution in [-0.2, 0) is 0 Å². The van der Waals surface area contributed by atoms with E-state index >= 15 is 0 Å². The molecule has 1 heterocycles. The van der Waals surface area contributed by atoms with Crippen molar-refractivity contribution >= 4 is 27.6 Å². The Kier molecular flexibility index (Phi) is 3.47. The molecule has 3 N–H and O–H groups in total. The number of benzene rings is 1. The zero-order valence-electron chi connectivity index (χ0n) is 9.13. The number of rotatable bonds is 3. The summed E-state index contributed by atoms with van der Waals surface area (Å²) in [7, 11) is 0. The van der Waals surface area contributed by atoms with Crippen molar-refractivity contribution in [1.29, 1.82) is 0 Å². The SMILES string of the molecule is Nc1cc(C(=O)O)cnc1Oc1ccccc1Br. The van der Waals surface area contributed by atoms with Gasteiger partial charge in [0.25, 0.3) is 0 Å². The molecule has 0 amide bonds. The molecule has 0 aliphatic rings. The molecule has 0 saturated carbocycles. The van der Waals surface area contributed by atoms with Gasteiger partial charge in [0.2, 0.25) is 5.88 Å². The lowest BCUT2D eigenvalue weighted by atomic mass is 10.2. The second-order valence-electron chi connectivity index (χ2n) is 3.46. The maximum Gasteiger partial charge on any atom is 0.337 e. The fraction of sp³-hybridized carbons (Fsp3) is 0. The van der Waals surface area contributed by atoms with Crippen LogP contribution in [0, 0.1) is 0 Å². The highest BCUT2D eigenvalue weighted by atomic mass is 79.9. The molecule has 0 saturated heterocycles. The number of nitrogens with two attached hydrogens (primary N) is 1. The van der Waals surface area contributed by atoms with Crippen LogP contribution in [-0.4, -0.2) is 16.1 Å². The summed E-state index contributed by atoms with van der Waals surface area (Å²) in [6.45, 7) is 0. The number of pyridine rings is 1. The van der Waals surface area contributed by atoms with Gasteiger partial charge in [0.1, 0.15) is 5.75 Å². The third-order valence-electron chi connectivity index (χ3n) is 2.17. The number of carboxylic acid groups (broad SMARTS) is 1. The molecule has 5 nitrogen and oxygen atoms in total. The Labute approximate surface area is 111 Å². The van der Waals surface area contributed by atoms with Crippen molar-refractivity contribution in [2.45, 2.75) is 0 Å². The van der Waals surface area contributed by atoms with Crippen molar-refractivity contribution in [3.05, 3.63) is 46.6 Å².